The molecule has 5 aliphatic heterocycles. The first kappa shape index (κ1) is 48.4. The number of nitrogens with zero attached hydrogens (tertiary/aromatic N) is 3. The van der Waals surface area contributed by atoms with E-state index in [0.29, 0.717) is 29.3 Å². The Balaban J connectivity index is 1.25. The van der Waals surface area contributed by atoms with Gasteiger partial charge in [-0.1, -0.05) is 99.1 Å². The molecule has 64 heavy (non-hydrogen) atoms. The van der Waals surface area contributed by atoms with E-state index in [0.717, 1.165) is 93.9 Å². The third-order valence-electron chi connectivity index (χ3n) is 14.2. The summed E-state index contributed by atoms with van der Waals surface area (Å²) in [5.41, 5.74) is 8.45. The first-order valence-electron chi connectivity index (χ1n) is 23.7. The number of nitrogens with one attached hydrogen (secondary N) is 1. The molecular weight excluding hydrogens is 801 g/mol. The number of hydrogen-bond acceptors (Lipinski definition) is 10. The van der Waals surface area contributed by atoms with Gasteiger partial charge in [-0.2, -0.15) is 0 Å². The third kappa shape index (κ3) is 9.77. The topological polar surface area (TPSA) is 142 Å². The fraction of sp³-hybridized carbons (Fsp3) is 0.537. The lowest BCUT2D eigenvalue weighted by atomic mass is 9.83. The first-order chi connectivity index (χ1) is 30.4. The van der Waals surface area contributed by atoms with Crippen LogP contribution in [0.4, 0.5) is 0 Å². The van der Waals surface area contributed by atoms with E-state index in [1.807, 2.05) is 52.0 Å². The molecule has 1 saturated heterocycles. The number of aliphatic imine (C=N–C) groups is 3. The molecule has 0 unspecified atom stereocenters. The van der Waals surface area contributed by atoms with E-state index < -0.39 is 23.2 Å². The molecule has 6 aliphatic rings. The number of rotatable bonds is 19. The normalized spacial score (nSPS) is 23.9. The van der Waals surface area contributed by atoms with Crippen molar-refractivity contribution in [1.29, 1.82) is 0 Å². The lowest BCUT2D eigenvalue weighted by Crippen LogP contribution is -2.44. The van der Waals surface area contributed by atoms with E-state index in [1.54, 1.807) is 6.26 Å². The van der Waals surface area contributed by atoms with Crippen molar-refractivity contribution in [3.63, 3.8) is 0 Å². The number of carbonyl (C=O) groups excluding carboxylic acids is 2. The van der Waals surface area contributed by atoms with Crippen molar-refractivity contribution >= 4 is 29.1 Å². The van der Waals surface area contributed by atoms with Crippen molar-refractivity contribution in [2.24, 2.45) is 44.6 Å². The molecule has 5 atom stereocenters. The number of ether oxygens (including phenoxy) is 2. The molecule has 0 amide bonds. The molecule has 1 fully saturated rings. The summed E-state index contributed by atoms with van der Waals surface area (Å²) in [7, 11) is 1.18. The number of aliphatic hydroxyl groups is 2. The number of fused-ring (bicyclic) bond motifs is 5. The number of hydrogen-bond donors (Lipinski definition) is 3. The highest BCUT2D eigenvalue weighted by Crippen LogP contribution is 2.51. The summed E-state index contributed by atoms with van der Waals surface area (Å²) in [5.74, 6) is -0.385. The van der Waals surface area contributed by atoms with E-state index in [4.69, 9.17) is 24.5 Å². The van der Waals surface area contributed by atoms with Crippen LogP contribution in [0.15, 0.2) is 131 Å². The second-order valence-electron chi connectivity index (χ2n) is 19.4. The summed E-state index contributed by atoms with van der Waals surface area (Å²) in [6.07, 6.45) is 21.3. The van der Waals surface area contributed by atoms with E-state index >= 15 is 0 Å². The summed E-state index contributed by atoms with van der Waals surface area (Å²) in [6.45, 7) is 25.5. The number of esters is 2. The Bertz CT molecular complexity index is 2330. The monoisotopic (exact) mass is 873 g/mol. The SMILES string of the molecule is C=CC1=C(C)C2=NC1=CC1=NC(=CC3=C(C)C4=C(O)[C@](O)(C(=O)OC)C(=C5NC(=C2)[C@@H](C)[C@@H]5CCC(=O)O/C=C(\C)CCC[C@H](C)CCC[C@H](C)CCCC(C)C)C4=N3)C(CC)=C1C. The molecule has 0 radical (unpaired) electrons. The number of carbonyl (C=O) groups is 2. The zero-order chi connectivity index (χ0) is 46.6. The van der Waals surface area contributed by atoms with Crippen LogP contribution in [0, 0.1) is 29.6 Å². The summed E-state index contributed by atoms with van der Waals surface area (Å²) >= 11 is 0. The van der Waals surface area contributed by atoms with Crippen LogP contribution >= 0.6 is 0 Å². The maximum Gasteiger partial charge on any atom is 0.350 e. The highest BCUT2D eigenvalue weighted by Gasteiger charge is 2.59. The third-order valence-corrected chi connectivity index (χ3v) is 14.2. The van der Waals surface area contributed by atoms with Crippen LogP contribution in [-0.4, -0.2) is 52.0 Å². The highest BCUT2D eigenvalue weighted by molar-refractivity contribution is 6.26. The largest absolute Gasteiger partial charge is 0.507 e. The zero-order valence-electron chi connectivity index (χ0n) is 40.3. The van der Waals surface area contributed by atoms with Crippen LogP contribution < -0.4 is 5.32 Å². The van der Waals surface area contributed by atoms with Crippen LogP contribution in [0.5, 0.6) is 0 Å². The number of methoxy groups -OCH3 is 1. The van der Waals surface area contributed by atoms with Gasteiger partial charge in [0.1, 0.15) is 0 Å². The predicted molar refractivity (Wildman–Crippen MR) is 258 cm³/mol. The van der Waals surface area contributed by atoms with Crippen LogP contribution in [0.2, 0.25) is 0 Å². The van der Waals surface area contributed by atoms with Crippen molar-refractivity contribution in [2.75, 3.05) is 7.11 Å². The molecule has 10 nitrogen and oxygen atoms in total. The lowest BCUT2D eigenvalue weighted by molar-refractivity contribution is -0.156. The number of allylic oxidation sites excluding steroid dienone is 12. The Labute approximate surface area is 382 Å². The minimum Gasteiger partial charge on any atom is -0.507 e. The molecule has 0 aromatic carbocycles. The fourth-order valence-corrected chi connectivity index (χ4v) is 10.1. The van der Waals surface area contributed by atoms with Crippen molar-refractivity contribution in [2.45, 2.75) is 152 Å². The van der Waals surface area contributed by atoms with Gasteiger partial charge in [0, 0.05) is 46.4 Å². The maximum atomic E-state index is 13.7. The van der Waals surface area contributed by atoms with E-state index in [1.165, 1.54) is 45.6 Å². The van der Waals surface area contributed by atoms with E-state index in [2.05, 4.69) is 53.4 Å². The second kappa shape index (κ2) is 20.4. The Morgan fingerprint density at radius 1 is 0.891 bits per heavy atom. The second-order valence-corrected chi connectivity index (χ2v) is 19.4. The van der Waals surface area contributed by atoms with Gasteiger partial charge in [-0.05, 0) is 117 Å². The average Bonchev–Trinajstić information content (AvgIpc) is 3.98. The molecule has 3 N–H and O–H groups in total. The summed E-state index contributed by atoms with van der Waals surface area (Å²) < 4.78 is 10.9. The van der Waals surface area contributed by atoms with Crippen LogP contribution in [-0.2, 0) is 19.1 Å². The van der Waals surface area contributed by atoms with Gasteiger partial charge in [0.2, 0.25) is 5.60 Å². The van der Waals surface area contributed by atoms with Gasteiger partial charge >= 0.3 is 11.9 Å². The Hall–Kier alpha value is -5.09. The molecule has 1 aliphatic carbocycles. The molecule has 5 heterocycles. The smallest absolute Gasteiger partial charge is 0.350 e. The minimum absolute atomic E-state index is 0.0699. The minimum atomic E-state index is -2.55. The van der Waals surface area contributed by atoms with E-state index in [-0.39, 0.29) is 35.2 Å². The van der Waals surface area contributed by atoms with Crippen LogP contribution in [0.3, 0.4) is 0 Å². The van der Waals surface area contributed by atoms with Gasteiger partial charge in [0.25, 0.3) is 0 Å². The molecule has 6 rings (SSSR count). The lowest BCUT2D eigenvalue weighted by Gasteiger charge is -2.26. The fourth-order valence-electron chi connectivity index (χ4n) is 10.1. The molecule has 0 saturated carbocycles. The van der Waals surface area contributed by atoms with Gasteiger partial charge in [-0.25, -0.2) is 19.8 Å². The Kier molecular flexibility index (Phi) is 15.4. The standard InChI is InChI=1S/C54H72N4O6/c1-13-38-34(8)41-26-43-36(10)40(24-25-47(59)64-29-33(7)23-17-22-32(6)21-16-20-31(5)19-15-18-30(3)4)50(57-43)49-51-48(52(60)54(49,62)53(61)63-12)37(11)44(58-51)28-46-39(14-2)35(9)42(56-46)27-45(38)55-41/h13,26-32,36,40,57,60,62H,1,14-25H2,2-12H3/b33-29+,43-26?,45-27?,46-28?,50-49?/t31-,32-,36+,40+,54+/m1/s1. The summed E-state index contributed by atoms with van der Waals surface area (Å²) in [6, 6.07) is 0. The van der Waals surface area contributed by atoms with Crippen molar-refractivity contribution in [3.8, 4) is 0 Å². The van der Waals surface area contributed by atoms with Crippen molar-refractivity contribution in [3.05, 3.63) is 116 Å². The highest BCUT2D eigenvalue weighted by atomic mass is 16.5. The summed E-state index contributed by atoms with van der Waals surface area (Å²) in [4.78, 5) is 42.3. The molecule has 8 bridgehead atoms. The first-order valence-corrected chi connectivity index (χ1v) is 23.7. The van der Waals surface area contributed by atoms with Gasteiger partial charge in [0.05, 0.1) is 47.6 Å². The molecule has 0 aromatic heterocycles. The van der Waals surface area contributed by atoms with Gasteiger partial charge < -0.3 is 25.0 Å². The van der Waals surface area contributed by atoms with Crippen LogP contribution in [0.1, 0.15) is 146 Å². The molecule has 0 aromatic rings. The molecule has 10 heteroatoms. The van der Waals surface area contributed by atoms with Crippen molar-refractivity contribution in [1.82, 2.24) is 5.32 Å². The van der Waals surface area contributed by atoms with Crippen molar-refractivity contribution < 1.29 is 29.3 Å². The number of aliphatic hydroxyl groups excluding tert-OH is 1. The predicted octanol–water partition coefficient (Wildman–Crippen LogP) is 12.0. The van der Waals surface area contributed by atoms with Gasteiger partial charge in [0.15, 0.2) is 5.76 Å². The Morgan fingerprint density at radius 3 is 2.17 bits per heavy atom. The van der Waals surface area contributed by atoms with Gasteiger partial charge in [-0.3, -0.25) is 4.79 Å². The average molecular weight is 873 g/mol. The molecule has 0 spiro atoms. The summed E-state index contributed by atoms with van der Waals surface area (Å²) in [5, 5.41) is 27.9. The maximum absolute atomic E-state index is 13.7. The van der Waals surface area contributed by atoms with Crippen LogP contribution in [0.25, 0.3) is 0 Å². The molecular formula is C54H72N4O6. The zero-order valence-corrected chi connectivity index (χ0v) is 40.3. The quantitative estimate of drug-likeness (QED) is 0.0866. The molecule has 344 valence electrons. The Morgan fingerprint density at radius 2 is 1.53 bits per heavy atom. The van der Waals surface area contributed by atoms with E-state index in [9.17, 15) is 19.8 Å². The van der Waals surface area contributed by atoms with Gasteiger partial charge in [-0.15, -0.1) is 0 Å².